The van der Waals surface area contributed by atoms with Crippen LogP contribution in [0.4, 0.5) is 5.69 Å². The molecule has 2 heterocycles. The van der Waals surface area contributed by atoms with Gasteiger partial charge in [0, 0.05) is 25.3 Å². The molecule has 1 atom stereocenters. The van der Waals surface area contributed by atoms with Gasteiger partial charge >= 0.3 is 0 Å². The Labute approximate surface area is 90.8 Å². The molecular formula is C13H16N2. The third-order valence-corrected chi connectivity index (χ3v) is 3.37. The Bertz CT molecular complexity index is 397. The fourth-order valence-electron chi connectivity index (χ4n) is 2.52. The van der Waals surface area contributed by atoms with Crippen LogP contribution in [0, 0.1) is 0 Å². The van der Waals surface area contributed by atoms with Crippen molar-refractivity contribution in [3.8, 4) is 0 Å². The van der Waals surface area contributed by atoms with Crippen LogP contribution in [0.25, 0.3) is 6.08 Å². The highest BCUT2D eigenvalue weighted by molar-refractivity contribution is 5.72. The molecule has 2 aliphatic heterocycles. The van der Waals surface area contributed by atoms with Crippen molar-refractivity contribution < 1.29 is 0 Å². The molecule has 0 radical (unpaired) electrons. The average Bonchev–Trinajstić information content (AvgIpc) is 2.28. The van der Waals surface area contributed by atoms with Crippen molar-refractivity contribution in [2.24, 2.45) is 0 Å². The molecule has 1 aromatic rings. The first-order chi connectivity index (χ1) is 7.34. The molecular weight excluding hydrogens is 184 g/mol. The highest BCUT2D eigenvalue weighted by Gasteiger charge is 2.26. The number of anilines is 1. The highest BCUT2D eigenvalue weighted by Crippen LogP contribution is 2.30. The lowest BCUT2D eigenvalue weighted by atomic mass is 10.0. The van der Waals surface area contributed by atoms with E-state index in [9.17, 15) is 0 Å². The summed E-state index contributed by atoms with van der Waals surface area (Å²) in [5.74, 6) is 0. The zero-order chi connectivity index (χ0) is 10.3. The maximum Gasteiger partial charge on any atom is 0.0604 e. The highest BCUT2D eigenvalue weighted by atomic mass is 15.3. The van der Waals surface area contributed by atoms with E-state index in [1.54, 1.807) is 0 Å². The maximum atomic E-state index is 2.52. The van der Waals surface area contributed by atoms with Crippen LogP contribution in [0.2, 0.25) is 0 Å². The largest absolute Gasteiger partial charge is 0.362 e. The van der Waals surface area contributed by atoms with E-state index in [2.05, 4.69) is 53.3 Å². The summed E-state index contributed by atoms with van der Waals surface area (Å²) in [4.78, 5) is 4.93. The smallest absolute Gasteiger partial charge is 0.0604 e. The third-order valence-electron chi connectivity index (χ3n) is 3.37. The quantitative estimate of drug-likeness (QED) is 0.630. The second-order valence-electron chi connectivity index (χ2n) is 4.44. The molecule has 0 saturated carbocycles. The van der Waals surface area contributed by atoms with E-state index < -0.39 is 0 Å². The van der Waals surface area contributed by atoms with Crippen LogP contribution < -0.4 is 4.90 Å². The lowest BCUT2D eigenvalue weighted by Crippen LogP contribution is -2.52. The molecule has 0 aliphatic carbocycles. The molecule has 15 heavy (non-hydrogen) atoms. The SMILES string of the molecule is CN1CCN2c3ccccc3C=CC2C1. The summed E-state index contributed by atoms with van der Waals surface area (Å²) >= 11 is 0. The Morgan fingerprint density at radius 1 is 1.20 bits per heavy atom. The number of hydrogen-bond acceptors (Lipinski definition) is 2. The van der Waals surface area contributed by atoms with E-state index in [1.807, 2.05) is 0 Å². The number of benzene rings is 1. The van der Waals surface area contributed by atoms with E-state index in [1.165, 1.54) is 17.8 Å². The fourth-order valence-corrected chi connectivity index (χ4v) is 2.52. The molecule has 1 saturated heterocycles. The van der Waals surface area contributed by atoms with Crippen molar-refractivity contribution in [2.75, 3.05) is 31.6 Å². The molecule has 2 aliphatic rings. The molecule has 0 aromatic heterocycles. The summed E-state index contributed by atoms with van der Waals surface area (Å²) in [5, 5.41) is 0. The topological polar surface area (TPSA) is 6.48 Å². The van der Waals surface area contributed by atoms with Crippen LogP contribution >= 0.6 is 0 Å². The molecule has 3 rings (SSSR count). The molecule has 2 nitrogen and oxygen atoms in total. The van der Waals surface area contributed by atoms with E-state index in [4.69, 9.17) is 0 Å². The molecule has 0 amide bonds. The first-order valence-electron chi connectivity index (χ1n) is 5.57. The second kappa shape index (κ2) is 3.38. The average molecular weight is 200 g/mol. The normalized spacial score (nSPS) is 24.9. The standard InChI is InChI=1S/C13H16N2/c1-14-8-9-15-12(10-14)7-6-11-4-2-3-5-13(11)15/h2-7,12H,8-10H2,1H3. The van der Waals surface area contributed by atoms with Gasteiger partial charge in [-0.15, -0.1) is 0 Å². The predicted octanol–water partition coefficient (Wildman–Crippen LogP) is 1.83. The number of para-hydroxylation sites is 1. The second-order valence-corrected chi connectivity index (χ2v) is 4.44. The fraction of sp³-hybridized carbons (Fsp3) is 0.385. The summed E-state index contributed by atoms with van der Waals surface area (Å²) in [6.07, 6.45) is 4.59. The summed E-state index contributed by atoms with van der Waals surface area (Å²) in [7, 11) is 2.20. The molecule has 0 spiro atoms. The molecule has 0 bridgehead atoms. The minimum Gasteiger partial charge on any atom is -0.362 e. The van der Waals surface area contributed by atoms with Crippen molar-refractivity contribution in [1.29, 1.82) is 0 Å². The molecule has 1 unspecified atom stereocenters. The minimum absolute atomic E-state index is 0.568. The van der Waals surface area contributed by atoms with Crippen molar-refractivity contribution in [1.82, 2.24) is 4.90 Å². The van der Waals surface area contributed by atoms with Crippen molar-refractivity contribution in [3.63, 3.8) is 0 Å². The van der Waals surface area contributed by atoms with Crippen molar-refractivity contribution in [2.45, 2.75) is 6.04 Å². The first kappa shape index (κ1) is 8.98. The minimum atomic E-state index is 0.568. The molecule has 2 heteroatoms. The van der Waals surface area contributed by atoms with Gasteiger partial charge in [0.05, 0.1) is 6.04 Å². The van der Waals surface area contributed by atoms with Crippen LogP contribution in [-0.4, -0.2) is 37.6 Å². The number of rotatable bonds is 0. The molecule has 0 N–H and O–H groups in total. The van der Waals surface area contributed by atoms with Crippen LogP contribution in [-0.2, 0) is 0 Å². The summed E-state index contributed by atoms with van der Waals surface area (Å²) in [5.41, 5.74) is 2.76. The third kappa shape index (κ3) is 1.45. The Kier molecular flexibility index (Phi) is 2.03. The number of hydrogen-bond donors (Lipinski definition) is 0. The first-order valence-corrected chi connectivity index (χ1v) is 5.57. The number of fused-ring (bicyclic) bond motifs is 3. The van der Waals surface area contributed by atoms with E-state index in [0.29, 0.717) is 6.04 Å². The van der Waals surface area contributed by atoms with Gasteiger partial charge in [-0.25, -0.2) is 0 Å². The molecule has 1 fully saturated rings. The number of nitrogens with zero attached hydrogens (tertiary/aromatic N) is 2. The van der Waals surface area contributed by atoms with Gasteiger partial charge in [0.15, 0.2) is 0 Å². The van der Waals surface area contributed by atoms with Gasteiger partial charge in [-0.05, 0) is 18.7 Å². The van der Waals surface area contributed by atoms with Gasteiger partial charge in [0.2, 0.25) is 0 Å². The maximum absolute atomic E-state index is 2.52. The Hall–Kier alpha value is -1.28. The van der Waals surface area contributed by atoms with E-state index in [-0.39, 0.29) is 0 Å². The summed E-state index contributed by atoms with van der Waals surface area (Å²) in [6.45, 7) is 3.45. The van der Waals surface area contributed by atoms with Crippen LogP contribution in [0.1, 0.15) is 5.56 Å². The van der Waals surface area contributed by atoms with Crippen LogP contribution in [0.5, 0.6) is 0 Å². The van der Waals surface area contributed by atoms with Gasteiger partial charge < -0.3 is 9.80 Å². The zero-order valence-corrected chi connectivity index (χ0v) is 9.06. The van der Waals surface area contributed by atoms with Gasteiger partial charge in [-0.2, -0.15) is 0 Å². The molecule has 78 valence electrons. The predicted molar refractivity (Wildman–Crippen MR) is 64.1 cm³/mol. The van der Waals surface area contributed by atoms with E-state index in [0.717, 1.165) is 13.1 Å². The van der Waals surface area contributed by atoms with Crippen molar-refractivity contribution >= 4 is 11.8 Å². The summed E-state index contributed by atoms with van der Waals surface area (Å²) < 4.78 is 0. The Balaban J connectivity index is 1.99. The van der Waals surface area contributed by atoms with Crippen LogP contribution in [0.3, 0.4) is 0 Å². The molecule has 1 aromatic carbocycles. The lowest BCUT2D eigenvalue weighted by molar-refractivity contribution is 0.286. The van der Waals surface area contributed by atoms with E-state index >= 15 is 0 Å². The van der Waals surface area contributed by atoms with Gasteiger partial charge in [0.1, 0.15) is 0 Å². The van der Waals surface area contributed by atoms with Gasteiger partial charge in [-0.3, -0.25) is 0 Å². The lowest BCUT2D eigenvalue weighted by Gasteiger charge is -2.42. The zero-order valence-electron chi connectivity index (χ0n) is 9.06. The number of piperazine rings is 1. The van der Waals surface area contributed by atoms with Gasteiger partial charge in [0.25, 0.3) is 0 Å². The van der Waals surface area contributed by atoms with Crippen LogP contribution in [0.15, 0.2) is 30.3 Å². The summed E-state index contributed by atoms with van der Waals surface area (Å²) in [6, 6.07) is 9.24. The Morgan fingerprint density at radius 2 is 2.07 bits per heavy atom. The monoisotopic (exact) mass is 200 g/mol. The Morgan fingerprint density at radius 3 is 3.00 bits per heavy atom. The number of likely N-dealkylation sites (N-methyl/N-ethyl adjacent to an activating group) is 1. The van der Waals surface area contributed by atoms with Gasteiger partial charge in [-0.1, -0.05) is 30.4 Å². The van der Waals surface area contributed by atoms with Crippen molar-refractivity contribution in [3.05, 3.63) is 35.9 Å².